The molecule has 0 aliphatic heterocycles. The van der Waals surface area contributed by atoms with Gasteiger partial charge in [-0.15, -0.1) is 0 Å². The molecule has 1 heterocycles. The molecule has 0 spiro atoms. The van der Waals surface area contributed by atoms with E-state index in [0.29, 0.717) is 5.56 Å². The highest BCUT2D eigenvalue weighted by Crippen LogP contribution is 2.16. The smallest absolute Gasteiger partial charge is 0.107 e. The number of aryl methyl sites for hydroxylation is 1. The Labute approximate surface area is 95.1 Å². The van der Waals surface area contributed by atoms with Crippen LogP contribution in [0.15, 0.2) is 18.2 Å². The number of nitriles is 1. The van der Waals surface area contributed by atoms with Gasteiger partial charge in [-0.05, 0) is 18.6 Å². The van der Waals surface area contributed by atoms with Gasteiger partial charge in [0.05, 0.1) is 11.1 Å². The minimum Gasteiger partial charge on any atom is -0.342 e. The molecule has 1 aromatic heterocycles. The minimum atomic E-state index is 0.649. The van der Waals surface area contributed by atoms with Crippen LogP contribution in [-0.2, 0) is 6.42 Å². The normalized spacial score (nSPS) is 10.5. The Kier molecular flexibility index (Phi) is 3.21. The lowest BCUT2D eigenvalue weighted by Gasteiger charge is -1.93. The van der Waals surface area contributed by atoms with Crippen LogP contribution in [0.1, 0.15) is 37.6 Å². The van der Waals surface area contributed by atoms with Crippen LogP contribution in [0.3, 0.4) is 0 Å². The Bertz CT molecular complexity index is 519. The molecule has 2 rings (SSSR count). The molecule has 0 bridgehead atoms. The molecule has 0 aliphatic rings. The van der Waals surface area contributed by atoms with Crippen molar-refractivity contribution in [1.29, 1.82) is 5.26 Å². The van der Waals surface area contributed by atoms with Crippen LogP contribution in [0.2, 0.25) is 0 Å². The van der Waals surface area contributed by atoms with E-state index in [-0.39, 0.29) is 0 Å². The van der Waals surface area contributed by atoms with Gasteiger partial charge in [0.25, 0.3) is 0 Å². The molecular formula is C13H15N3. The van der Waals surface area contributed by atoms with Gasteiger partial charge in [0, 0.05) is 6.42 Å². The Balaban J connectivity index is 2.26. The van der Waals surface area contributed by atoms with Crippen molar-refractivity contribution in [3.8, 4) is 6.07 Å². The SMILES string of the molecule is CCCCCc1nc2c(C#N)cccc2[nH]1. The standard InChI is InChI=1S/C13H15N3/c1-2-3-4-8-12-15-11-7-5-6-10(9-14)13(11)16-12/h5-7H,2-4,8H2,1H3,(H,15,16). The summed E-state index contributed by atoms with van der Waals surface area (Å²) in [7, 11) is 0. The Morgan fingerprint density at radius 1 is 1.38 bits per heavy atom. The second kappa shape index (κ2) is 4.80. The molecule has 0 saturated heterocycles. The summed E-state index contributed by atoms with van der Waals surface area (Å²) >= 11 is 0. The highest BCUT2D eigenvalue weighted by Gasteiger charge is 2.06. The van der Waals surface area contributed by atoms with Gasteiger partial charge in [-0.25, -0.2) is 4.98 Å². The first-order valence-corrected chi connectivity index (χ1v) is 5.73. The van der Waals surface area contributed by atoms with Crippen molar-refractivity contribution >= 4 is 11.0 Å². The average molecular weight is 213 g/mol. The Morgan fingerprint density at radius 2 is 2.25 bits per heavy atom. The van der Waals surface area contributed by atoms with E-state index in [1.54, 1.807) is 6.07 Å². The van der Waals surface area contributed by atoms with Crippen LogP contribution in [0.4, 0.5) is 0 Å². The van der Waals surface area contributed by atoms with Crippen molar-refractivity contribution in [3.05, 3.63) is 29.6 Å². The van der Waals surface area contributed by atoms with E-state index in [9.17, 15) is 0 Å². The topological polar surface area (TPSA) is 52.5 Å². The van der Waals surface area contributed by atoms with Crippen LogP contribution in [0.5, 0.6) is 0 Å². The number of hydrogen-bond acceptors (Lipinski definition) is 2. The number of unbranched alkanes of at least 4 members (excludes halogenated alkanes) is 2. The second-order valence-corrected chi connectivity index (χ2v) is 3.95. The van der Waals surface area contributed by atoms with Crippen molar-refractivity contribution in [2.45, 2.75) is 32.6 Å². The largest absolute Gasteiger partial charge is 0.342 e. The number of para-hydroxylation sites is 1. The van der Waals surface area contributed by atoms with Crippen molar-refractivity contribution in [2.75, 3.05) is 0 Å². The quantitative estimate of drug-likeness (QED) is 0.793. The van der Waals surface area contributed by atoms with E-state index in [1.807, 2.05) is 12.1 Å². The van der Waals surface area contributed by atoms with Gasteiger partial charge in [-0.2, -0.15) is 5.26 Å². The highest BCUT2D eigenvalue weighted by atomic mass is 14.9. The van der Waals surface area contributed by atoms with Gasteiger partial charge < -0.3 is 4.98 Å². The fraction of sp³-hybridized carbons (Fsp3) is 0.385. The molecule has 1 aromatic carbocycles. The summed E-state index contributed by atoms with van der Waals surface area (Å²) < 4.78 is 0. The fourth-order valence-corrected chi connectivity index (χ4v) is 1.83. The van der Waals surface area contributed by atoms with Gasteiger partial charge in [0.1, 0.15) is 17.4 Å². The molecule has 0 atom stereocenters. The first-order valence-electron chi connectivity index (χ1n) is 5.73. The van der Waals surface area contributed by atoms with E-state index >= 15 is 0 Å². The highest BCUT2D eigenvalue weighted by molar-refractivity contribution is 5.81. The third-order valence-corrected chi connectivity index (χ3v) is 2.70. The van der Waals surface area contributed by atoms with Crippen molar-refractivity contribution < 1.29 is 0 Å². The minimum absolute atomic E-state index is 0.649. The number of imidazole rings is 1. The lowest BCUT2D eigenvalue weighted by molar-refractivity contribution is 0.700. The van der Waals surface area contributed by atoms with Gasteiger partial charge in [0.15, 0.2) is 0 Å². The van der Waals surface area contributed by atoms with Crippen LogP contribution in [0.25, 0.3) is 11.0 Å². The predicted octanol–water partition coefficient (Wildman–Crippen LogP) is 3.17. The summed E-state index contributed by atoms with van der Waals surface area (Å²) in [5.74, 6) is 0.992. The number of benzene rings is 1. The van der Waals surface area contributed by atoms with E-state index < -0.39 is 0 Å². The maximum atomic E-state index is 8.96. The van der Waals surface area contributed by atoms with E-state index in [4.69, 9.17) is 5.26 Å². The number of aromatic amines is 1. The van der Waals surface area contributed by atoms with Crippen molar-refractivity contribution in [1.82, 2.24) is 9.97 Å². The molecule has 3 heteroatoms. The molecule has 82 valence electrons. The molecule has 0 saturated carbocycles. The molecule has 2 aromatic rings. The van der Waals surface area contributed by atoms with Crippen molar-refractivity contribution in [2.24, 2.45) is 0 Å². The van der Waals surface area contributed by atoms with Gasteiger partial charge in [0.2, 0.25) is 0 Å². The zero-order chi connectivity index (χ0) is 11.4. The third-order valence-electron chi connectivity index (χ3n) is 2.70. The predicted molar refractivity (Wildman–Crippen MR) is 64.0 cm³/mol. The summed E-state index contributed by atoms with van der Waals surface area (Å²) in [4.78, 5) is 7.74. The zero-order valence-corrected chi connectivity index (χ0v) is 9.45. The molecule has 16 heavy (non-hydrogen) atoms. The fourth-order valence-electron chi connectivity index (χ4n) is 1.83. The van der Waals surface area contributed by atoms with Crippen LogP contribution in [-0.4, -0.2) is 9.97 Å². The van der Waals surface area contributed by atoms with Crippen LogP contribution < -0.4 is 0 Å². The van der Waals surface area contributed by atoms with Gasteiger partial charge >= 0.3 is 0 Å². The van der Waals surface area contributed by atoms with Gasteiger partial charge in [-0.3, -0.25) is 0 Å². The van der Waals surface area contributed by atoms with E-state index in [2.05, 4.69) is 23.0 Å². The number of nitrogens with one attached hydrogen (secondary N) is 1. The summed E-state index contributed by atoms with van der Waals surface area (Å²) in [6.45, 7) is 2.19. The number of rotatable bonds is 4. The average Bonchev–Trinajstić information content (AvgIpc) is 2.71. The zero-order valence-electron chi connectivity index (χ0n) is 9.45. The molecule has 0 amide bonds. The summed E-state index contributed by atoms with van der Waals surface area (Å²) in [5, 5.41) is 8.96. The number of H-pyrrole nitrogens is 1. The summed E-state index contributed by atoms with van der Waals surface area (Å²) in [5.41, 5.74) is 2.41. The van der Waals surface area contributed by atoms with Crippen LogP contribution >= 0.6 is 0 Å². The molecule has 0 fully saturated rings. The lowest BCUT2D eigenvalue weighted by Crippen LogP contribution is -1.87. The first kappa shape index (κ1) is 10.7. The third kappa shape index (κ3) is 2.06. The second-order valence-electron chi connectivity index (χ2n) is 3.95. The molecule has 3 nitrogen and oxygen atoms in total. The molecule has 0 radical (unpaired) electrons. The summed E-state index contributed by atoms with van der Waals surface area (Å²) in [6, 6.07) is 7.82. The lowest BCUT2D eigenvalue weighted by atomic mass is 10.2. The van der Waals surface area contributed by atoms with E-state index in [1.165, 1.54) is 12.8 Å². The maximum Gasteiger partial charge on any atom is 0.107 e. The number of nitrogens with zero attached hydrogens (tertiary/aromatic N) is 2. The Morgan fingerprint density at radius 3 is 3.00 bits per heavy atom. The molecule has 0 unspecified atom stereocenters. The molecule has 1 N–H and O–H groups in total. The first-order chi connectivity index (χ1) is 7.85. The number of hydrogen-bond donors (Lipinski definition) is 1. The number of fused-ring (bicyclic) bond motifs is 1. The Hall–Kier alpha value is -1.82. The van der Waals surface area contributed by atoms with Gasteiger partial charge in [-0.1, -0.05) is 25.8 Å². The molecular weight excluding hydrogens is 198 g/mol. The van der Waals surface area contributed by atoms with Crippen LogP contribution in [0, 0.1) is 11.3 Å². The van der Waals surface area contributed by atoms with Crippen molar-refractivity contribution in [3.63, 3.8) is 0 Å². The van der Waals surface area contributed by atoms with E-state index in [0.717, 1.165) is 29.7 Å². The number of aromatic nitrogens is 2. The monoisotopic (exact) mass is 213 g/mol. The maximum absolute atomic E-state index is 8.96. The summed E-state index contributed by atoms with van der Waals surface area (Å²) in [6.07, 6.45) is 4.55. The molecule has 0 aliphatic carbocycles.